The van der Waals surface area contributed by atoms with Crippen LogP contribution in [-0.4, -0.2) is 17.1 Å². The monoisotopic (exact) mass is 345 g/mol. The second-order valence-electron chi connectivity index (χ2n) is 4.89. The van der Waals surface area contributed by atoms with Gasteiger partial charge in [-0.2, -0.15) is 0 Å². The molecule has 19 heavy (non-hydrogen) atoms. The maximum Gasteiger partial charge on any atom is 0.341 e. The average Bonchev–Trinajstić information content (AvgIpc) is 2.42. The molecule has 5 heteroatoms. The number of halogens is 2. The highest BCUT2D eigenvalue weighted by atomic mass is 79.9. The van der Waals surface area contributed by atoms with Crippen LogP contribution in [0.1, 0.15) is 49.4 Å². The quantitative estimate of drug-likeness (QED) is 0.592. The number of esters is 1. The molecule has 0 saturated heterocycles. The van der Waals surface area contributed by atoms with Gasteiger partial charge in [0.25, 0.3) is 0 Å². The van der Waals surface area contributed by atoms with Crippen molar-refractivity contribution in [1.29, 1.82) is 0 Å². The second-order valence-corrected chi connectivity index (χ2v) is 6.16. The summed E-state index contributed by atoms with van der Waals surface area (Å²) in [6, 6.07) is 1.65. The Hall–Kier alpha value is -0.610. The van der Waals surface area contributed by atoms with E-state index in [4.69, 9.17) is 16.3 Å². The summed E-state index contributed by atoms with van der Waals surface area (Å²) in [5.74, 6) is 0.0979. The van der Waals surface area contributed by atoms with Crippen molar-refractivity contribution in [2.24, 2.45) is 5.92 Å². The maximum absolute atomic E-state index is 12.2. The predicted molar refractivity (Wildman–Crippen MR) is 78.4 cm³/mol. The number of aromatic nitrogens is 1. The van der Waals surface area contributed by atoms with E-state index >= 15 is 0 Å². The van der Waals surface area contributed by atoms with Crippen molar-refractivity contribution in [3.63, 3.8) is 0 Å². The lowest BCUT2D eigenvalue weighted by atomic mass is 9.85. The lowest BCUT2D eigenvalue weighted by Gasteiger charge is -2.30. The Morgan fingerprint density at radius 1 is 1.53 bits per heavy atom. The zero-order valence-electron chi connectivity index (χ0n) is 10.9. The van der Waals surface area contributed by atoms with E-state index in [9.17, 15) is 4.79 Å². The van der Waals surface area contributed by atoms with Crippen molar-refractivity contribution >= 4 is 33.5 Å². The van der Waals surface area contributed by atoms with Crippen LogP contribution in [0.5, 0.6) is 0 Å². The van der Waals surface area contributed by atoms with Crippen LogP contribution in [0.2, 0.25) is 5.15 Å². The summed E-state index contributed by atoms with van der Waals surface area (Å²) in [6.45, 7) is 2.14. The van der Waals surface area contributed by atoms with Gasteiger partial charge in [-0.1, -0.05) is 24.9 Å². The van der Waals surface area contributed by atoms with E-state index in [1.54, 1.807) is 12.3 Å². The van der Waals surface area contributed by atoms with Crippen LogP contribution in [0.4, 0.5) is 0 Å². The number of ether oxygens (including phenoxy) is 1. The molecule has 1 aromatic rings. The fourth-order valence-corrected chi connectivity index (χ4v) is 3.07. The van der Waals surface area contributed by atoms with Gasteiger partial charge in [0.2, 0.25) is 0 Å². The largest absolute Gasteiger partial charge is 0.458 e. The zero-order valence-corrected chi connectivity index (χ0v) is 13.2. The van der Waals surface area contributed by atoms with E-state index < -0.39 is 0 Å². The summed E-state index contributed by atoms with van der Waals surface area (Å²) in [7, 11) is 0. The van der Waals surface area contributed by atoms with Gasteiger partial charge in [-0.15, -0.1) is 0 Å². The first kappa shape index (κ1) is 14.8. The van der Waals surface area contributed by atoms with Crippen LogP contribution < -0.4 is 0 Å². The van der Waals surface area contributed by atoms with Crippen LogP contribution in [0, 0.1) is 5.92 Å². The predicted octanol–water partition coefficient (Wildman–Crippen LogP) is 4.62. The molecule has 1 saturated carbocycles. The van der Waals surface area contributed by atoms with Gasteiger partial charge in [-0.05, 0) is 53.6 Å². The van der Waals surface area contributed by atoms with Crippen LogP contribution in [0.15, 0.2) is 16.7 Å². The highest BCUT2D eigenvalue weighted by molar-refractivity contribution is 9.10. The molecule has 104 valence electrons. The Labute approximate surface area is 126 Å². The fraction of sp³-hybridized carbons (Fsp3) is 0.571. The number of hydrogen-bond donors (Lipinski definition) is 0. The molecule has 1 fully saturated rings. The summed E-state index contributed by atoms with van der Waals surface area (Å²) >= 11 is 9.23. The molecular formula is C14H17BrClNO2. The molecule has 1 aromatic heterocycles. The summed E-state index contributed by atoms with van der Waals surface area (Å²) in [6.07, 6.45) is 7.06. The van der Waals surface area contributed by atoms with Gasteiger partial charge in [0, 0.05) is 10.7 Å². The molecule has 0 radical (unpaired) electrons. The first-order chi connectivity index (χ1) is 9.11. The summed E-state index contributed by atoms with van der Waals surface area (Å²) in [4.78, 5) is 16.1. The molecule has 0 amide bonds. The Bertz CT molecular complexity index is 467. The van der Waals surface area contributed by atoms with Crippen molar-refractivity contribution < 1.29 is 9.53 Å². The summed E-state index contributed by atoms with van der Waals surface area (Å²) < 4.78 is 6.35. The van der Waals surface area contributed by atoms with Crippen LogP contribution >= 0.6 is 27.5 Å². The van der Waals surface area contributed by atoms with Crippen molar-refractivity contribution in [2.45, 2.75) is 45.1 Å². The first-order valence-electron chi connectivity index (χ1n) is 6.63. The SMILES string of the molecule is CCC1CCCCC1OC(=O)c1cc(Br)cnc1Cl. The van der Waals surface area contributed by atoms with Crippen molar-refractivity contribution in [3.05, 3.63) is 27.5 Å². The number of hydrogen-bond acceptors (Lipinski definition) is 3. The van der Waals surface area contributed by atoms with Gasteiger partial charge >= 0.3 is 5.97 Å². The highest BCUT2D eigenvalue weighted by Crippen LogP contribution is 2.30. The third-order valence-corrected chi connectivity index (χ3v) is 4.38. The van der Waals surface area contributed by atoms with Crippen molar-refractivity contribution in [2.75, 3.05) is 0 Å². The standard InChI is InChI=1S/C14H17BrClNO2/c1-2-9-5-3-4-6-12(9)19-14(18)11-7-10(15)8-17-13(11)16/h7-9,12H,2-6H2,1H3. The Balaban J connectivity index is 2.09. The average molecular weight is 347 g/mol. The van der Waals surface area contributed by atoms with E-state index in [-0.39, 0.29) is 17.2 Å². The minimum atomic E-state index is -0.371. The van der Waals surface area contributed by atoms with Gasteiger partial charge in [-0.25, -0.2) is 9.78 Å². The molecule has 0 aromatic carbocycles. The molecule has 1 aliphatic rings. The number of pyridine rings is 1. The molecule has 0 aliphatic heterocycles. The van der Waals surface area contributed by atoms with E-state index in [2.05, 4.69) is 27.8 Å². The molecule has 2 unspecified atom stereocenters. The Morgan fingerprint density at radius 3 is 3.00 bits per heavy atom. The molecule has 1 heterocycles. The molecule has 0 bridgehead atoms. The van der Waals surface area contributed by atoms with Crippen molar-refractivity contribution in [3.8, 4) is 0 Å². The normalized spacial score (nSPS) is 23.1. The Morgan fingerprint density at radius 2 is 2.26 bits per heavy atom. The van der Waals surface area contributed by atoms with Gasteiger partial charge in [-0.3, -0.25) is 0 Å². The Kier molecular flexibility index (Phi) is 5.22. The molecule has 3 nitrogen and oxygen atoms in total. The highest BCUT2D eigenvalue weighted by Gasteiger charge is 2.28. The topological polar surface area (TPSA) is 39.2 Å². The molecule has 0 N–H and O–H groups in total. The molecule has 2 rings (SSSR count). The fourth-order valence-electron chi connectivity index (χ4n) is 2.56. The molecule has 1 aliphatic carbocycles. The third kappa shape index (κ3) is 3.69. The lowest BCUT2D eigenvalue weighted by Crippen LogP contribution is -2.29. The van der Waals surface area contributed by atoms with E-state index in [0.717, 1.165) is 30.2 Å². The first-order valence-corrected chi connectivity index (χ1v) is 7.81. The number of carbonyl (C=O) groups is 1. The lowest BCUT2D eigenvalue weighted by molar-refractivity contribution is 0.000681. The van der Waals surface area contributed by atoms with E-state index in [1.807, 2.05) is 0 Å². The molecule has 2 atom stereocenters. The third-order valence-electron chi connectivity index (χ3n) is 3.65. The van der Waals surface area contributed by atoms with Gasteiger partial charge in [0.15, 0.2) is 0 Å². The van der Waals surface area contributed by atoms with E-state index in [1.165, 1.54) is 6.42 Å². The molecular weight excluding hydrogens is 330 g/mol. The molecule has 0 spiro atoms. The minimum Gasteiger partial charge on any atom is -0.458 e. The van der Waals surface area contributed by atoms with Crippen LogP contribution in [0.3, 0.4) is 0 Å². The summed E-state index contributed by atoms with van der Waals surface area (Å²) in [5, 5.41) is 0.192. The van der Waals surface area contributed by atoms with Crippen molar-refractivity contribution in [1.82, 2.24) is 4.98 Å². The van der Waals surface area contributed by atoms with Gasteiger partial charge in [0.1, 0.15) is 11.3 Å². The van der Waals surface area contributed by atoms with E-state index in [0.29, 0.717) is 11.5 Å². The second kappa shape index (κ2) is 6.71. The zero-order chi connectivity index (χ0) is 13.8. The number of carbonyl (C=O) groups excluding carboxylic acids is 1. The van der Waals surface area contributed by atoms with Gasteiger partial charge in [0.05, 0.1) is 5.56 Å². The minimum absolute atomic E-state index is 0.0151. The summed E-state index contributed by atoms with van der Waals surface area (Å²) in [5.41, 5.74) is 0.330. The van der Waals surface area contributed by atoms with Crippen LogP contribution in [-0.2, 0) is 4.74 Å². The maximum atomic E-state index is 12.2. The van der Waals surface area contributed by atoms with Crippen LogP contribution in [0.25, 0.3) is 0 Å². The van der Waals surface area contributed by atoms with Gasteiger partial charge < -0.3 is 4.74 Å². The smallest absolute Gasteiger partial charge is 0.341 e. The number of nitrogens with zero attached hydrogens (tertiary/aromatic N) is 1. The number of rotatable bonds is 3.